The van der Waals surface area contributed by atoms with E-state index in [2.05, 4.69) is 14.9 Å². The van der Waals surface area contributed by atoms with Crippen molar-refractivity contribution in [1.82, 2.24) is 29.3 Å². The van der Waals surface area contributed by atoms with E-state index in [-0.39, 0.29) is 12.2 Å². The summed E-state index contributed by atoms with van der Waals surface area (Å²) in [7, 11) is 0. The minimum atomic E-state index is -0.497. The summed E-state index contributed by atoms with van der Waals surface area (Å²) in [6.07, 6.45) is 3.44. The number of amides is 1. The van der Waals surface area contributed by atoms with Crippen LogP contribution in [0.3, 0.4) is 0 Å². The first-order valence-corrected chi connectivity index (χ1v) is 15.6. The number of fused-ring (bicyclic) bond motifs is 1. The Morgan fingerprint density at radius 1 is 1.02 bits per heavy atom. The number of ether oxygens (including phenoxy) is 3. The number of hydrogen-bond donors (Lipinski definition) is 0. The minimum Gasteiger partial charge on any atom is -0.492 e. The predicted molar refractivity (Wildman–Crippen MR) is 170 cm³/mol. The van der Waals surface area contributed by atoms with Crippen molar-refractivity contribution in [2.45, 2.75) is 51.9 Å². The first-order chi connectivity index (χ1) is 21.1. The number of rotatable bonds is 9. The number of benzene rings is 2. The van der Waals surface area contributed by atoms with E-state index < -0.39 is 5.60 Å². The van der Waals surface area contributed by atoms with Gasteiger partial charge in [0.05, 0.1) is 11.6 Å². The van der Waals surface area contributed by atoms with Gasteiger partial charge in [0.15, 0.2) is 11.2 Å². The number of halogens is 2. The zero-order chi connectivity index (χ0) is 30.8. The van der Waals surface area contributed by atoms with Crippen LogP contribution in [-0.4, -0.2) is 86.4 Å². The molecule has 6 rings (SSSR count). The van der Waals surface area contributed by atoms with Gasteiger partial charge in [0.2, 0.25) is 5.88 Å². The molecular weight excluding hydrogens is 603 g/mol. The SMILES string of the molecule is CC(C)(C)OC(=O)N1CCN(CCOc2ccc(-c3nc4c(OC5CC5)ncnc4n3Cc3cccc(Cl)c3)c(Cl)c2)CC1. The van der Waals surface area contributed by atoms with Crippen LogP contribution >= 0.6 is 23.2 Å². The van der Waals surface area contributed by atoms with Crippen molar-refractivity contribution in [3.63, 3.8) is 0 Å². The second-order valence-corrected chi connectivity index (χ2v) is 13.0. The average Bonchev–Trinajstić information content (AvgIpc) is 3.72. The number of hydrogen-bond acceptors (Lipinski definition) is 8. The molecule has 0 bridgehead atoms. The van der Waals surface area contributed by atoms with E-state index in [0.29, 0.717) is 64.9 Å². The first-order valence-electron chi connectivity index (χ1n) is 14.9. The van der Waals surface area contributed by atoms with Crippen molar-refractivity contribution in [3.05, 3.63) is 64.4 Å². The fraction of sp³-hybridized carbons (Fsp3) is 0.438. The Balaban J connectivity index is 1.15. The summed E-state index contributed by atoms with van der Waals surface area (Å²) in [4.78, 5) is 30.3. The molecule has 1 saturated heterocycles. The summed E-state index contributed by atoms with van der Waals surface area (Å²) in [6.45, 7) is 10.1. The minimum absolute atomic E-state index is 0.170. The lowest BCUT2D eigenvalue weighted by molar-refractivity contribution is 0.0137. The Morgan fingerprint density at radius 3 is 2.52 bits per heavy atom. The van der Waals surface area contributed by atoms with Gasteiger partial charge in [-0.05, 0) is 69.5 Å². The van der Waals surface area contributed by atoms with Crippen LogP contribution in [0.15, 0.2) is 48.8 Å². The monoisotopic (exact) mass is 638 g/mol. The topological polar surface area (TPSA) is 94.8 Å². The Labute approximate surface area is 266 Å². The van der Waals surface area contributed by atoms with Crippen LogP contribution in [0.25, 0.3) is 22.6 Å². The van der Waals surface area contributed by atoms with Gasteiger partial charge in [0.25, 0.3) is 0 Å². The maximum Gasteiger partial charge on any atom is 0.410 e. The van der Waals surface area contributed by atoms with Crippen molar-refractivity contribution in [2.24, 2.45) is 0 Å². The number of imidazole rings is 1. The van der Waals surface area contributed by atoms with Crippen molar-refractivity contribution >= 4 is 40.5 Å². The van der Waals surface area contributed by atoms with E-state index >= 15 is 0 Å². The highest BCUT2D eigenvalue weighted by atomic mass is 35.5. The quantitative estimate of drug-likeness (QED) is 0.210. The molecule has 1 amide bonds. The molecule has 3 heterocycles. The second-order valence-electron chi connectivity index (χ2n) is 12.1. The van der Waals surface area contributed by atoms with Gasteiger partial charge in [-0.2, -0.15) is 4.98 Å². The predicted octanol–water partition coefficient (Wildman–Crippen LogP) is 6.32. The van der Waals surface area contributed by atoms with Gasteiger partial charge in [-0.15, -0.1) is 0 Å². The van der Waals surface area contributed by atoms with E-state index in [1.165, 1.54) is 6.33 Å². The number of carbonyl (C=O) groups is 1. The molecule has 232 valence electrons. The Morgan fingerprint density at radius 2 is 1.82 bits per heavy atom. The maximum absolute atomic E-state index is 12.3. The lowest BCUT2D eigenvalue weighted by Crippen LogP contribution is -2.50. The fourth-order valence-corrected chi connectivity index (χ4v) is 5.53. The van der Waals surface area contributed by atoms with Crippen molar-refractivity contribution in [1.29, 1.82) is 0 Å². The highest BCUT2D eigenvalue weighted by Crippen LogP contribution is 2.36. The van der Waals surface area contributed by atoms with Gasteiger partial charge in [-0.3, -0.25) is 4.90 Å². The van der Waals surface area contributed by atoms with E-state index in [4.69, 9.17) is 42.4 Å². The molecular formula is C32H36Cl2N6O4. The Bertz CT molecular complexity index is 1640. The number of piperazine rings is 1. The van der Waals surface area contributed by atoms with E-state index in [0.717, 1.165) is 43.6 Å². The van der Waals surface area contributed by atoms with Gasteiger partial charge in [0, 0.05) is 43.3 Å². The smallest absolute Gasteiger partial charge is 0.410 e. The standard InChI is InChI=1S/C32H36Cl2N6O4/c1-32(2,3)44-31(41)39-13-11-38(12-14-39)15-16-42-24-9-10-25(26(34)18-24)28-37-27-29(35-20-36-30(27)43-23-7-8-23)40(28)19-21-5-4-6-22(33)17-21/h4-6,9-10,17-18,20,23H,7-8,11-16,19H2,1-3H3. The maximum atomic E-state index is 12.3. The van der Waals surface area contributed by atoms with Crippen LogP contribution in [0.1, 0.15) is 39.2 Å². The lowest BCUT2D eigenvalue weighted by atomic mass is 10.2. The van der Waals surface area contributed by atoms with Gasteiger partial charge in [0.1, 0.15) is 36.2 Å². The van der Waals surface area contributed by atoms with Crippen LogP contribution in [0, 0.1) is 0 Å². The van der Waals surface area contributed by atoms with Gasteiger partial charge >= 0.3 is 6.09 Å². The fourth-order valence-electron chi connectivity index (χ4n) is 5.06. The molecule has 2 aliphatic rings. The third-order valence-electron chi connectivity index (χ3n) is 7.41. The summed E-state index contributed by atoms with van der Waals surface area (Å²) < 4.78 is 19.6. The summed E-state index contributed by atoms with van der Waals surface area (Å²) in [5.41, 5.74) is 2.51. The second kappa shape index (κ2) is 12.8. The van der Waals surface area contributed by atoms with Crippen molar-refractivity contribution in [3.8, 4) is 23.0 Å². The van der Waals surface area contributed by atoms with Crippen LogP contribution in [-0.2, 0) is 11.3 Å². The molecule has 10 nitrogen and oxygen atoms in total. The zero-order valence-corrected chi connectivity index (χ0v) is 26.6. The van der Waals surface area contributed by atoms with Gasteiger partial charge < -0.3 is 23.7 Å². The molecule has 2 aromatic heterocycles. The molecule has 0 unspecified atom stereocenters. The van der Waals surface area contributed by atoms with Crippen LogP contribution in [0.2, 0.25) is 10.0 Å². The van der Waals surface area contributed by atoms with E-state index in [1.807, 2.05) is 67.8 Å². The molecule has 2 aromatic carbocycles. The van der Waals surface area contributed by atoms with Gasteiger partial charge in [-0.25, -0.2) is 14.8 Å². The molecule has 0 spiro atoms. The van der Waals surface area contributed by atoms with Crippen molar-refractivity contribution < 1.29 is 19.0 Å². The zero-order valence-electron chi connectivity index (χ0n) is 25.1. The molecule has 1 saturated carbocycles. The summed E-state index contributed by atoms with van der Waals surface area (Å²) in [5.74, 6) is 1.80. The molecule has 1 aliphatic heterocycles. The molecule has 0 radical (unpaired) electrons. The Hall–Kier alpha value is -3.60. The highest BCUT2D eigenvalue weighted by molar-refractivity contribution is 6.33. The summed E-state index contributed by atoms with van der Waals surface area (Å²) in [6, 6.07) is 13.3. The largest absolute Gasteiger partial charge is 0.492 e. The third kappa shape index (κ3) is 7.36. The van der Waals surface area contributed by atoms with Crippen molar-refractivity contribution in [2.75, 3.05) is 39.3 Å². The van der Waals surface area contributed by atoms with Crippen LogP contribution in [0.5, 0.6) is 11.6 Å². The van der Waals surface area contributed by atoms with Gasteiger partial charge in [-0.1, -0.05) is 35.3 Å². The van der Waals surface area contributed by atoms with E-state index in [9.17, 15) is 4.79 Å². The highest BCUT2D eigenvalue weighted by Gasteiger charge is 2.28. The molecule has 4 aromatic rings. The van der Waals surface area contributed by atoms with Crippen LogP contribution in [0.4, 0.5) is 4.79 Å². The number of nitrogens with zero attached hydrogens (tertiary/aromatic N) is 6. The lowest BCUT2D eigenvalue weighted by Gasteiger charge is -2.35. The molecule has 0 N–H and O–H groups in total. The Kier molecular flexibility index (Phi) is 8.84. The first kappa shape index (κ1) is 30.4. The van der Waals surface area contributed by atoms with Crippen LogP contribution < -0.4 is 9.47 Å². The molecule has 44 heavy (non-hydrogen) atoms. The normalized spacial score (nSPS) is 15.9. The number of carbonyl (C=O) groups excluding carboxylic acids is 1. The molecule has 1 aliphatic carbocycles. The summed E-state index contributed by atoms with van der Waals surface area (Å²) in [5, 5.41) is 1.17. The molecule has 12 heteroatoms. The van der Waals surface area contributed by atoms with E-state index in [1.54, 1.807) is 4.90 Å². The molecule has 0 atom stereocenters. The summed E-state index contributed by atoms with van der Waals surface area (Å²) >= 11 is 13.2. The average molecular weight is 640 g/mol. The molecule has 2 fully saturated rings. The number of aromatic nitrogens is 4. The third-order valence-corrected chi connectivity index (χ3v) is 7.96.